The van der Waals surface area contributed by atoms with Crippen molar-refractivity contribution in [1.29, 1.82) is 0 Å². The van der Waals surface area contributed by atoms with E-state index in [0.29, 0.717) is 59.6 Å². The van der Waals surface area contributed by atoms with E-state index in [9.17, 15) is 29.4 Å². The molecular weight excluding hydrogens is 582 g/mol. The number of anilines is 1. The van der Waals surface area contributed by atoms with E-state index in [1.807, 2.05) is 13.0 Å². The average Bonchev–Trinajstić information content (AvgIpc) is 3.51. The molecule has 0 bridgehead atoms. The fraction of sp³-hybridized carbons (Fsp3) is 0.375. The number of benzene rings is 2. The molecule has 1 atom stereocenters. The van der Waals surface area contributed by atoms with E-state index < -0.39 is 23.8 Å². The van der Waals surface area contributed by atoms with E-state index >= 15 is 0 Å². The number of nitrogens with one attached hydrogen (secondary N) is 3. The van der Waals surface area contributed by atoms with Crippen LogP contribution < -0.4 is 26.5 Å². The lowest BCUT2D eigenvalue weighted by molar-refractivity contribution is -0.121. The first-order valence-electron chi connectivity index (χ1n) is 15.0. The highest BCUT2D eigenvalue weighted by Gasteiger charge is 2.33. The molecule has 13 nitrogen and oxygen atoms in total. The molecule has 3 aromatic rings. The molecule has 45 heavy (non-hydrogen) atoms. The van der Waals surface area contributed by atoms with Crippen molar-refractivity contribution in [3.05, 3.63) is 65.2 Å². The third-order valence-corrected chi connectivity index (χ3v) is 7.35. The van der Waals surface area contributed by atoms with Gasteiger partial charge in [-0.25, -0.2) is 4.79 Å². The maximum absolute atomic E-state index is 13.1. The number of fused-ring (bicyclic) bond motifs is 3. The molecule has 13 heteroatoms. The van der Waals surface area contributed by atoms with Crippen molar-refractivity contribution in [2.45, 2.75) is 51.4 Å². The second-order valence-electron chi connectivity index (χ2n) is 10.6. The smallest absolute Gasteiger partial charge is 0.492 e. The first-order chi connectivity index (χ1) is 21.7. The Kier molecular flexibility index (Phi) is 11.4. The first kappa shape index (κ1) is 32.9. The van der Waals surface area contributed by atoms with Crippen molar-refractivity contribution < 1.29 is 39.0 Å². The van der Waals surface area contributed by atoms with Gasteiger partial charge in [0.05, 0.1) is 0 Å². The summed E-state index contributed by atoms with van der Waals surface area (Å²) in [7, 11) is 0. The van der Waals surface area contributed by atoms with Gasteiger partial charge < -0.3 is 36.6 Å². The second kappa shape index (κ2) is 15.6. The van der Waals surface area contributed by atoms with Gasteiger partial charge in [-0.1, -0.05) is 31.5 Å². The van der Waals surface area contributed by atoms with Crippen LogP contribution in [0.1, 0.15) is 72.9 Å². The maximum atomic E-state index is 13.1. The number of amides is 3. The van der Waals surface area contributed by atoms with Crippen molar-refractivity contribution in [3.8, 4) is 22.9 Å². The monoisotopic (exact) mass is 621 g/mol. The molecule has 3 amide bonds. The zero-order chi connectivity index (χ0) is 32.3. The van der Waals surface area contributed by atoms with Gasteiger partial charge in [0.2, 0.25) is 23.6 Å². The molecule has 0 radical (unpaired) electrons. The highest BCUT2D eigenvalue weighted by Crippen LogP contribution is 2.47. The van der Waals surface area contributed by atoms with Crippen molar-refractivity contribution in [1.82, 2.24) is 15.4 Å². The molecular formula is C32H39N5O8. The highest BCUT2D eigenvalue weighted by molar-refractivity contribution is 6.04. The number of hydrogen-bond acceptors (Lipinski definition) is 9. The lowest BCUT2D eigenvalue weighted by atomic mass is 9.96. The summed E-state index contributed by atoms with van der Waals surface area (Å²) in [4.78, 5) is 55.2. The summed E-state index contributed by atoms with van der Waals surface area (Å²) >= 11 is 0. The highest BCUT2D eigenvalue weighted by atomic mass is 16.8. The lowest BCUT2D eigenvalue weighted by Crippen LogP contribution is -2.26. The minimum absolute atomic E-state index is 0.0852. The number of nitrogens with zero attached hydrogens (tertiary/aromatic N) is 1. The van der Waals surface area contributed by atoms with E-state index in [4.69, 9.17) is 15.3 Å². The molecule has 1 aromatic heterocycles. The number of carbonyl (C=O) groups is 4. The van der Waals surface area contributed by atoms with E-state index in [1.165, 1.54) is 0 Å². The van der Waals surface area contributed by atoms with Crippen LogP contribution in [-0.2, 0) is 14.3 Å². The number of ether oxygens (including phenoxy) is 1. The van der Waals surface area contributed by atoms with Gasteiger partial charge in [-0.3, -0.25) is 19.2 Å². The van der Waals surface area contributed by atoms with Crippen LogP contribution in [0.5, 0.6) is 11.8 Å². The molecule has 1 unspecified atom stereocenters. The Bertz CT molecular complexity index is 1520. The van der Waals surface area contributed by atoms with Crippen LogP contribution in [-0.4, -0.2) is 65.1 Å². The van der Waals surface area contributed by atoms with Crippen LogP contribution in [0.3, 0.4) is 0 Å². The topological polar surface area (TPSA) is 194 Å². The Morgan fingerprint density at radius 2 is 1.62 bits per heavy atom. The Morgan fingerprint density at radius 1 is 0.889 bits per heavy atom. The Morgan fingerprint density at radius 3 is 2.36 bits per heavy atom. The van der Waals surface area contributed by atoms with Gasteiger partial charge in [0.15, 0.2) is 0 Å². The zero-order valence-corrected chi connectivity index (χ0v) is 25.1. The molecule has 240 valence electrons. The average molecular weight is 622 g/mol. The molecule has 0 spiro atoms. The van der Waals surface area contributed by atoms with Crippen LogP contribution in [0.4, 0.5) is 10.5 Å². The summed E-state index contributed by atoms with van der Waals surface area (Å²) in [5.41, 5.74) is 9.36. The molecule has 4 rings (SSSR count). The molecule has 1 aliphatic rings. The zero-order valence-electron chi connectivity index (χ0n) is 25.1. The van der Waals surface area contributed by atoms with Crippen LogP contribution >= 0.6 is 0 Å². The van der Waals surface area contributed by atoms with Crippen LogP contribution in [0, 0.1) is 0 Å². The molecule has 1 aliphatic carbocycles. The standard InChI is InChI=1S/C32H39N5O8/c1-2-3-16-34-26(38)9-5-10-27(39)36-20-11-12-22-24(18-20)25(19-44-32(43)45-37-28(40)13-14-29(37)41)21-7-4-8-23(30(21)22)31(42)35-17-6-15-33/h4,7-8,11-14,18,25,40-41H,2-3,5-6,9-10,15-17,19,33H2,1H3,(H,34,38)(H,35,42)(H,36,39). The summed E-state index contributed by atoms with van der Waals surface area (Å²) in [6, 6.07) is 12.9. The molecule has 0 saturated heterocycles. The van der Waals surface area contributed by atoms with E-state index in [0.717, 1.165) is 36.1 Å². The Hall–Kier alpha value is -5.04. The minimum Gasteiger partial charge on any atom is -0.492 e. The SMILES string of the molecule is CCCCNC(=O)CCCC(=O)Nc1ccc2c(c1)C(COC(=O)On1c(O)ccc1O)c1cccc(C(=O)NCCCN)c1-2. The van der Waals surface area contributed by atoms with Gasteiger partial charge >= 0.3 is 6.16 Å². The quantitative estimate of drug-likeness (QED) is 0.109. The third-order valence-electron chi connectivity index (χ3n) is 7.35. The van der Waals surface area contributed by atoms with E-state index in [2.05, 4.69) is 16.0 Å². The van der Waals surface area contributed by atoms with E-state index in [1.54, 1.807) is 30.3 Å². The van der Waals surface area contributed by atoms with Crippen molar-refractivity contribution in [2.75, 3.05) is 31.6 Å². The van der Waals surface area contributed by atoms with Crippen molar-refractivity contribution in [2.24, 2.45) is 5.73 Å². The summed E-state index contributed by atoms with van der Waals surface area (Å²) < 4.78 is 5.91. The van der Waals surface area contributed by atoms with Crippen molar-refractivity contribution >= 4 is 29.6 Å². The van der Waals surface area contributed by atoms with Gasteiger partial charge in [-0.2, -0.15) is 0 Å². The lowest BCUT2D eigenvalue weighted by Gasteiger charge is -2.15. The number of rotatable bonds is 15. The molecule has 0 saturated carbocycles. The predicted octanol–water partition coefficient (Wildman–Crippen LogP) is 3.38. The van der Waals surface area contributed by atoms with Gasteiger partial charge in [0.1, 0.15) is 6.61 Å². The summed E-state index contributed by atoms with van der Waals surface area (Å²) in [5.74, 6) is -2.14. The predicted molar refractivity (Wildman–Crippen MR) is 166 cm³/mol. The largest absolute Gasteiger partial charge is 0.534 e. The number of carbonyl (C=O) groups excluding carboxylic acids is 4. The molecule has 7 N–H and O–H groups in total. The maximum Gasteiger partial charge on any atom is 0.534 e. The molecule has 0 fully saturated rings. The summed E-state index contributed by atoms with van der Waals surface area (Å²) in [5, 5.41) is 28.1. The summed E-state index contributed by atoms with van der Waals surface area (Å²) in [6.45, 7) is 3.31. The number of aromatic nitrogens is 1. The van der Waals surface area contributed by atoms with Crippen LogP contribution in [0.25, 0.3) is 11.1 Å². The number of hydrogen-bond donors (Lipinski definition) is 6. The Labute approximate surface area is 260 Å². The molecule has 0 aliphatic heterocycles. The number of unbranched alkanes of at least 4 members (excludes halogenated alkanes) is 1. The van der Waals surface area contributed by atoms with Crippen LogP contribution in [0.15, 0.2) is 48.5 Å². The second-order valence-corrected chi connectivity index (χ2v) is 10.6. The molecule has 1 heterocycles. The minimum atomic E-state index is -1.18. The number of nitrogens with two attached hydrogens (primary N) is 1. The van der Waals surface area contributed by atoms with E-state index in [-0.39, 0.29) is 37.2 Å². The van der Waals surface area contributed by atoms with Gasteiger partial charge in [0.25, 0.3) is 5.91 Å². The van der Waals surface area contributed by atoms with Gasteiger partial charge in [-0.05, 0) is 66.3 Å². The fourth-order valence-corrected chi connectivity index (χ4v) is 5.13. The normalized spacial score (nSPS) is 13.0. The number of aromatic hydroxyl groups is 2. The van der Waals surface area contributed by atoms with Crippen molar-refractivity contribution in [3.63, 3.8) is 0 Å². The van der Waals surface area contributed by atoms with Gasteiger partial charge in [-0.15, -0.1) is 4.73 Å². The fourth-order valence-electron chi connectivity index (χ4n) is 5.13. The van der Waals surface area contributed by atoms with Crippen LogP contribution in [0.2, 0.25) is 0 Å². The summed E-state index contributed by atoms with van der Waals surface area (Å²) in [6.07, 6.45) is 2.14. The first-order valence-corrected chi connectivity index (χ1v) is 15.0. The van der Waals surface area contributed by atoms with Gasteiger partial charge in [0, 0.05) is 55.2 Å². The third kappa shape index (κ3) is 8.32. The Balaban J connectivity index is 1.52. The molecule has 2 aromatic carbocycles.